The number of nitrogens with zero attached hydrogens (tertiary/aromatic N) is 4. The molecule has 5 nitrogen and oxygen atoms in total. The first-order valence-corrected chi connectivity index (χ1v) is 5.55. The summed E-state index contributed by atoms with van der Waals surface area (Å²) in [5.74, 6) is 0.752. The molecule has 0 bridgehead atoms. The van der Waals surface area contributed by atoms with Gasteiger partial charge in [-0.05, 0) is 49.8 Å². The van der Waals surface area contributed by atoms with Crippen molar-refractivity contribution in [2.24, 2.45) is 0 Å². The van der Waals surface area contributed by atoms with Crippen LogP contribution >= 0.6 is 0 Å². The maximum atomic E-state index is 5.91. The molecule has 0 saturated carbocycles. The Labute approximate surface area is 101 Å². The Kier molecular flexibility index (Phi) is 2.61. The zero-order valence-corrected chi connectivity index (χ0v) is 10.6. The second-order valence-corrected chi connectivity index (χ2v) is 5.10. The van der Waals surface area contributed by atoms with Crippen LogP contribution in [0.1, 0.15) is 26.3 Å². The van der Waals surface area contributed by atoms with Crippen LogP contribution in [0.4, 0.5) is 5.69 Å². The molecule has 17 heavy (non-hydrogen) atoms. The van der Waals surface area contributed by atoms with Crippen LogP contribution in [0.15, 0.2) is 18.2 Å². The molecule has 2 N–H and O–H groups in total. The smallest absolute Gasteiger partial charge is 0.182 e. The number of anilines is 1. The predicted molar refractivity (Wildman–Crippen MR) is 67.4 cm³/mol. The second kappa shape index (κ2) is 3.84. The van der Waals surface area contributed by atoms with Gasteiger partial charge in [0.05, 0.1) is 5.54 Å². The number of aromatic nitrogens is 4. The van der Waals surface area contributed by atoms with E-state index < -0.39 is 0 Å². The molecule has 0 aliphatic heterocycles. The third-order valence-corrected chi connectivity index (χ3v) is 2.72. The van der Waals surface area contributed by atoms with E-state index in [-0.39, 0.29) is 5.54 Å². The first-order chi connectivity index (χ1) is 7.91. The number of benzene rings is 1. The number of nitrogen functional groups attached to an aromatic ring is 1. The molecule has 1 heterocycles. The normalized spacial score (nSPS) is 11.8. The van der Waals surface area contributed by atoms with Crippen LogP contribution in [0, 0.1) is 6.92 Å². The quantitative estimate of drug-likeness (QED) is 0.762. The summed E-state index contributed by atoms with van der Waals surface area (Å²) >= 11 is 0. The largest absolute Gasteiger partial charge is 0.398 e. The molecule has 0 fully saturated rings. The van der Waals surface area contributed by atoms with Gasteiger partial charge in [-0.3, -0.25) is 0 Å². The first kappa shape index (κ1) is 11.6. The van der Waals surface area contributed by atoms with Gasteiger partial charge in [0.2, 0.25) is 0 Å². The Hall–Kier alpha value is -1.91. The summed E-state index contributed by atoms with van der Waals surface area (Å²) in [6, 6.07) is 5.78. The van der Waals surface area contributed by atoms with Crippen molar-refractivity contribution in [3.63, 3.8) is 0 Å². The molecule has 2 rings (SSSR count). The lowest BCUT2D eigenvalue weighted by atomic mass is 10.0. The van der Waals surface area contributed by atoms with E-state index in [0.717, 1.165) is 22.6 Å². The van der Waals surface area contributed by atoms with Gasteiger partial charge < -0.3 is 5.73 Å². The average Bonchev–Trinajstić information content (AvgIpc) is 2.70. The third kappa shape index (κ3) is 2.00. The Morgan fingerprint density at radius 2 is 1.94 bits per heavy atom. The second-order valence-electron chi connectivity index (χ2n) is 5.10. The molecule has 1 aromatic heterocycles. The summed E-state index contributed by atoms with van der Waals surface area (Å²) in [7, 11) is 0. The standard InChI is InChI=1S/C12H17N5/c1-8-9(6-5-7-10(8)13)11-14-15-16-17(11)12(2,3)4/h5-7H,13H2,1-4H3. The fourth-order valence-electron chi connectivity index (χ4n) is 1.70. The van der Waals surface area contributed by atoms with E-state index in [0.29, 0.717) is 0 Å². The van der Waals surface area contributed by atoms with E-state index in [2.05, 4.69) is 36.3 Å². The number of hydrogen-bond donors (Lipinski definition) is 1. The third-order valence-electron chi connectivity index (χ3n) is 2.72. The zero-order valence-electron chi connectivity index (χ0n) is 10.6. The number of rotatable bonds is 1. The Morgan fingerprint density at radius 1 is 1.24 bits per heavy atom. The van der Waals surface area contributed by atoms with Crippen molar-refractivity contribution in [1.82, 2.24) is 20.2 Å². The summed E-state index contributed by atoms with van der Waals surface area (Å²) in [6.07, 6.45) is 0. The molecule has 5 heteroatoms. The van der Waals surface area contributed by atoms with Crippen molar-refractivity contribution < 1.29 is 0 Å². The van der Waals surface area contributed by atoms with Gasteiger partial charge in [0.25, 0.3) is 0 Å². The van der Waals surface area contributed by atoms with Crippen LogP contribution in [-0.4, -0.2) is 20.2 Å². The number of nitrogens with two attached hydrogens (primary N) is 1. The van der Waals surface area contributed by atoms with E-state index in [4.69, 9.17) is 5.73 Å². The molecule has 0 unspecified atom stereocenters. The topological polar surface area (TPSA) is 69.6 Å². The highest BCUT2D eigenvalue weighted by Gasteiger charge is 2.21. The van der Waals surface area contributed by atoms with Crippen molar-refractivity contribution in [1.29, 1.82) is 0 Å². The molecule has 0 aliphatic carbocycles. The lowest BCUT2D eigenvalue weighted by Crippen LogP contribution is -2.24. The van der Waals surface area contributed by atoms with Crippen LogP contribution in [0.25, 0.3) is 11.4 Å². The molecule has 0 atom stereocenters. The van der Waals surface area contributed by atoms with Gasteiger partial charge in [-0.2, -0.15) is 0 Å². The molecular formula is C12H17N5. The van der Waals surface area contributed by atoms with E-state index >= 15 is 0 Å². The minimum atomic E-state index is -0.157. The van der Waals surface area contributed by atoms with Gasteiger partial charge in [0.15, 0.2) is 5.82 Å². The van der Waals surface area contributed by atoms with E-state index in [9.17, 15) is 0 Å². The lowest BCUT2D eigenvalue weighted by molar-refractivity contribution is 0.351. The van der Waals surface area contributed by atoms with Gasteiger partial charge in [-0.1, -0.05) is 12.1 Å². The highest BCUT2D eigenvalue weighted by Crippen LogP contribution is 2.27. The van der Waals surface area contributed by atoms with E-state index in [1.54, 1.807) is 0 Å². The van der Waals surface area contributed by atoms with Crippen molar-refractivity contribution in [2.45, 2.75) is 33.2 Å². The fraction of sp³-hybridized carbons (Fsp3) is 0.417. The average molecular weight is 231 g/mol. The SMILES string of the molecule is Cc1c(N)cccc1-c1nnnn1C(C)(C)C. The van der Waals surface area contributed by atoms with Crippen molar-refractivity contribution in [2.75, 3.05) is 5.73 Å². The molecule has 0 amide bonds. The van der Waals surface area contributed by atoms with Gasteiger partial charge >= 0.3 is 0 Å². The highest BCUT2D eigenvalue weighted by molar-refractivity contribution is 5.67. The molecule has 0 saturated heterocycles. The molecular weight excluding hydrogens is 214 g/mol. The molecule has 0 aliphatic rings. The number of hydrogen-bond acceptors (Lipinski definition) is 4. The maximum Gasteiger partial charge on any atom is 0.182 e. The van der Waals surface area contributed by atoms with Crippen LogP contribution in [0.3, 0.4) is 0 Å². The van der Waals surface area contributed by atoms with E-state index in [1.807, 2.05) is 29.8 Å². The summed E-state index contributed by atoms with van der Waals surface area (Å²) in [5.41, 5.74) is 8.49. The maximum absolute atomic E-state index is 5.91. The summed E-state index contributed by atoms with van der Waals surface area (Å²) in [6.45, 7) is 8.17. The molecule has 90 valence electrons. The first-order valence-electron chi connectivity index (χ1n) is 5.55. The van der Waals surface area contributed by atoms with Gasteiger partial charge in [-0.25, -0.2) is 4.68 Å². The van der Waals surface area contributed by atoms with Crippen LogP contribution in [0.5, 0.6) is 0 Å². The van der Waals surface area contributed by atoms with Gasteiger partial charge in [-0.15, -0.1) is 5.10 Å². The van der Waals surface area contributed by atoms with Gasteiger partial charge in [0.1, 0.15) is 0 Å². The van der Waals surface area contributed by atoms with Crippen LogP contribution in [0.2, 0.25) is 0 Å². The lowest BCUT2D eigenvalue weighted by Gasteiger charge is -2.20. The predicted octanol–water partition coefficient (Wildman–Crippen LogP) is 1.99. The minimum Gasteiger partial charge on any atom is -0.398 e. The zero-order chi connectivity index (χ0) is 12.6. The highest BCUT2D eigenvalue weighted by atomic mass is 15.6. The molecule has 2 aromatic rings. The molecule has 0 spiro atoms. The Balaban J connectivity index is 2.62. The summed E-state index contributed by atoms with van der Waals surface area (Å²) in [5, 5.41) is 11.9. The van der Waals surface area contributed by atoms with Crippen LogP contribution < -0.4 is 5.73 Å². The fourth-order valence-corrected chi connectivity index (χ4v) is 1.70. The Morgan fingerprint density at radius 3 is 2.59 bits per heavy atom. The monoisotopic (exact) mass is 231 g/mol. The molecule has 0 radical (unpaired) electrons. The van der Waals surface area contributed by atoms with Crippen LogP contribution in [-0.2, 0) is 5.54 Å². The summed E-state index contributed by atoms with van der Waals surface area (Å²) < 4.78 is 1.81. The van der Waals surface area contributed by atoms with Crippen molar-refractivity contribution >= 4 is 5.69 Å². The van der Waals surface area contributed by atoms with Crippen molar-refractivity contribution in [3.8, 4) is 11.4 Å². The Bertz CT molecular complexity index is 536. The van der Waals surface area contributed by atoms with Gasteiger partial charge in [0, 0.05) is 11.3 Å². The van der Waals surface area contributed by atoms with E-state index in [1.165, 1.54) is 0 Å². The van der Waals surface area contributed by atoms with Crippen molar-refractivity contribution in [3.05, 3.63) is 23.8 Å². The number of tetrazole rings is 1. The molecule has 1 aromatic carbocycles. The summed E-state index contributed by atoms with van der Waals surface area (Å²) in [4.78, 5) is 0. The minimum absolute atomic E-state index is 0.157.